The first-order valence-corrected chi connectivity index (χ1v) is 7.95. The maximum Gasteiger partial charge on any atom is 0.333 e. The van der Waals surface area contributed by atoms with E-state index in [2.05, 4.69) is 17.9 Å². The summed E-state index contributed by atoms with van der Waals surface area (Å²) in [4.78, 5) is 44.5. The van der Waals surface area contributed by atoms with Gasteiger partial charge in [-0.15, -0.1) is 0 Å². The van der Waals surface area contributed by atoms with Gasteiger partial charge in [0.25, 0.3) is 0 Å². The Bertz CT molecular complexity index is 537. The monoisotopic (exact) mass is 371 g/mol. The van der Waals surface area contributed by atoms with Gasteiger partial charge in [0.15, 0.2) is 0 Å². The lowest BCUT2D eigenvalue weighted by atomic mass is 10.0. The maximum absolute atomic E-state index is 10.9. The smallest absolute Gasteiger partial charge is 0.333 e. The van der Waals surface area contributed by atoms with Crippen molar-refractivity contribution in [3.63, 3.8) is 0 Å². The van der Waals surface area contributed by atoms with Crippen LogP contribution in [0.3, 0.4) is 0 Å². The number of morpholine rings is 1. The number of carbonyl (C=O) groups is 4. The molecule has 0 aromatic rings. The Kier molecular flexibility index (Phi) is 11.3. The molecule has 1 atom stereocenters. The number of carboxylic acids is 2. The molecule has 0 spiro atoms. The summed E-state index contributed by atoms with van der Waals surface area (Å²) in [7, 11) is 0. The molecular formula is C17H25NO8. The molecule has 146 valence electrons. The van der Waals surface area contributed by atoms with Gasteiger partial charge in [-0.05, 0) is 19.4 Å². The molecule has 0 bridgehead atoms. The van der Waals surface area contributed by atoms with Crippen molar-refractivity contribution in [1.29, 1.82) is 0 Å². The average molecular weight is 371 g/mol. The molecule has 1 unspecified atom stereocenters. The summed E-state index contributed by atoms with van der Waals surface area (Å²) in [6.07, 6.45) is 0.825. The first-order chi connectivity index (χ1) is 12.2. The Morgan fingerprint density at radius 2 is 1.81 bits per heavy atom. The van der Waals surface area contributed by atoms with Gasteiger partial charge in [0.2, 0.25) is 5.91 Å². The number of hydrogen-bond donors (Lipinski definition) is 2. The van der Waals surface area contributed by atoms with Crippen LogP contribution in [-0.2, 0) is 28.7 Å². The van der Waals surface area contributed by atoms with E-state index in [1.54, 1.807) is 4.90 Å². The molecule has 9 heteroatoms. The number of aliphatic carboxylic acids is 2. The highest BCUT2D eigenvalue weighted by Crippen LogP contribution is 2.09. The van der Waals surface area contributed by atoms with Gasteiger partial charge in [-0.2, -0.15) is 0 Å². The topological polar surface area (TPSA) is 130 Å². The average Bonchev–Trinajstić information content (AvgIpc) is 2.60. The van der Waals surface area contributed by atoms with Crippen LogP contribution < -0.4 is 0 Å². The molecule has 0 aromatic carbocycles. The minimum Gasteiger partial charge on any atom is -0.481 e. The van der Waals surface area contributed by atoms with Gasteiger partial charge in [-0.1, -0.05) is 13.2 Å². The van der Waals surface area contributed by atoms with Gasteiger partial charge in [0.1, 0.15) is 0 Å². The van der Waals surface area contributed by atoms with Crippen LogP contribution in [0, 0.1) is 5.92 Å². The zero-order valence-corrected chi connectivity index (χ0v) is 14.8. The summed E-state index contributed by atoms with van der Waals surface area (Å²) in [6, 6.07) is 0. The lowest BCUT2D eigenvalue weighted by Crippen LogP contribution is -2.39. The molecule has 0 radical (unpaired) electrons. The first-order valence-electron chi connectivity index (χ1n) is 7.95. The van der Waals surface area contributed by atoms with E-state index in [1.165, 1.54) is 13.0 Å². The van der Waals surface area contributed by atoms with Gasteiger partial charge < -0.3 is 24.6 Å². The zero-order valence-electron chi connectivity index (χ0n) is 14.8. The predicted octanol–water partition coefficient (Wildman–Crippen LogP) is 0.703. The van der Waals surface area contributed by atoms with Gasteiger partial charge in [0, 0.05) is 18.7 Å². The summed E-state index contributed by atoms with van der Waals surface area (Å²) in [5.74, 6) is -4.06. The molecule has 1 saturated heterocycles. The maximum atomic E-state index is 10.9. The second-order valence-electron chi connectivity index (χ2n) is 5.48. The third-order valence-corrected chi connectivity index (χ3v) is 3.32. The van der Waals surface area contributed by atoms with E-state index in [4.69, 9.17) is 14.9 Å². The SMILES string of the molecule is C=C(C)C(=O)OCCC(CC(=O)O)C(=O)O.C=CC(=O)N1CCOCC1. The molecule has 1 heterocycles. The van der Waals surface area contributed by atoms with Gasteiger partial charge in [-0.3, -0.25) is 14.4 Å². The fraction of sp³-hybridized carbons (Fsp3) is 0.529. The Balaban J connectivity index is 0.000000531. The molecule has 26 heavy (non-hydrogen) atoms. The minimum absolute atomic E-state index is 0.00306. The third kappa shape index (κ3) is 10.2. The zero-order chi connectivity index (χ0) is 20.1. The van der Waals surface area contributed by atoms with E-state index < -0.39 is 30.2 Å². The Hall–Kier alpha value is -2.68. The van der Waals surface area contributed by atoms with Crippen LogP contribution in [0.15, 0.2) is 24.8 Å². The van der Waals surface area contributed by atoms with Crippen LogP contribution in [0.2, 0.25) is 0 Å². The molecular weight excluding hydrogens is 346 g/mol. The first kappa shape index (κ1) is 23.3. The standard InChI is InChI=1S/C10H14O6.C7H11NO2/c1-6(2)10(15)16-4-3-7(9(13)14)5-8(11)12;1-2-7(9)8-3-5-10-6-4-8/h7H,1,3-5H2,2H3,(H,11,12)(H,13,14);2H,1,3-6H2. The van der Waals surface area contributed by atoms with Crippen molar-refractivity contribution in [1.82, 2.24) is 4.90 Å². The third-order valence-electron chi connectivity index (χ3n) is 3.32. The molecule has 2 N–H and O–H groups in total. The van der Waals surface area contributed by atoms with Crippen LogP contribution in [0.25, 0.3) is 0 Å². The van der Waals surface area contributed by atoms with Gasteiger partial charge in [0.05, 0.1) is 32.2 Å². The van der Waals surface area contributed by atoms with Gasteiger partial charge >= 0.3 is 17.9 Å². The lowest BCUT2D eigenvalue weighted by Gasteiger charge is -2.25. The Morgan fingerprint density at radius 1 is 1.23 bits per heavy atom. The van der Waals surface area contributed by atoms with Crippen molar-refractivity contribution in [3.05, 3.63) is 24.8 Å². The van der Waals surface area contributed by atoms with Crippen molar-refractivity contribution in [3.8, 4) is 0 Å². The van der Waals surface area contributed by atoms with Crippen LogP contribution >= 0.6 is 0 Å². The second-order valence-corrected chi connectivity index (χ2v) is 5.48. The van der Waals surface area contributed by atoms with Crippen molar-refractivity contribution >= 4 is 23.8 Å². The fourth-order valence-corrected chi connectivity index (χ4v) is 1.85. The summed E-state index contributed by atoms with van der Waals surface area (Å²) >= 11 is 0. The minimum atomic E-state index is -1.21. The second kappa shape index (κ2) is 12.6. The molecule has 1 amide bonds. The van der Waals surface area contributed by atoms with E-state index >= 15 is 0 Å². The number of rotatable bonds is 8. The van der Waals surface area contributed by atoms with E-state index in [-0.39, 0.29) is 24.5 Å². The Labute approximate surface area is 151 Å². The number of carboxylic acid groups (broad SMARTS) is 2. The normalized spacial score (nSPS) is 14.3. The number of hydrogen-bond acceptors (Lipinski definition) is 6. The quantitative estimate of drug-likeness (QED) is 0.471. The number of esters is 1. The van der Waals surface area contributed by atoms with E-state index in [9.17, 15) is 19.2 Å². The Morgan fingerprint density at radius 3 is 2.23 bits per heavy atom. The van der Waals surface area contributed by atoms with Crippen LogP contribution in [-0.4, -0.2) is 71.8 Å². The van der Waals surface area contributed by atoms with Crippen LogP contribution in [0.4, 0.5) is 0 Å². The highest BCUT2D eigenvalue weighted by atomic mass is 16.5. The van der Waals surface area contributed by atoms with Crippen molar-refractivity contribution in [2.75, 3.05) is 32.9 Å². The van der Waals surface area contributed by atoms with Crippen molar-refractivity contribution < 1.29 is 38.9 Å². The number of amides is 1. The summed E-state index contributed by atoms with van der Waals surface area (Å²) in [5, 5.41) is 17.1. The molecule has 1 rings (SSSR count). The van der Waals surface area contributed by atoms with Crippen LogP contribution in [0.5, 0.6) is 0 Å². The van der Waals surface area contributed by atoms with E-state index in [0.717, 1.165) is 0 Å². The number of nitrogens with zero attached hydrogens (tertiary/aromatic N) is 1. The lowest BCUT2D eigenvalue weighted by molar-refractivity contribution is -0.150. The van der Waals surface area contributed by atoms with Gasteiger partial charge in [-0.25, -0.2) is 4.79 Å². The summed E-state index contributed by atoms with van der Waals surface area (Å²) in [6.45, 7) is 10.8. The largest absolute Gasteiger partial charge is 0.481 e. The number of carbonyl (C=O) groups excluding carboxylic acids is 2. The van der Waals surface area contributed by atoms with Crippen molar-refractivity contribution in [2.45, 2.75) is 19.8 Å². The molecule has 0 aromatic heterocycles. The number of ether oxygens (including phenoxy) is 2. The highest BCUT2D eigenvalue weighted by Gasteiger charge is 2.21. The predicted molar refractivity (Wildman–Crippen MR) is 91.4 cm³/mol. The van der Waals surface area contributed by atoms with E-state index in [0.29, 0.717) is 26.3 Å². The molecule has 1 fully saturated rings. The molecule has 9 nitrogen and oxygen atoms in total. The molecule has 1 aliphatic heterocycles. The summed E-state index contributed by atoms with van der Waals surface area (Å²) < 4.78 is 9.74. The highest BCUT2D eigenvalue weighted by molar-refractivity contribution is 5.87. The fourth-order valence-electron chi connectivity index (χ4n) is 1.85. The van der Waals surface area contributed by atoms with Crippen LogP contribution in [0.1, 0.15) is 19.8 Å². The van der Waals surface area contributed by atoms with Crippen molar-refractivity contribution in [2.24, 2.45) is 5.92 Å². The van der Waals surface area contributed by atoms with E-state index in [1.807, 2.05) is 0 Å². The molecule has 0 saturated carbocycles. The molecule has 0 aliphatic carbocycles. The summed E-state index contributed by atoms with van der Waals surface area (Å²) in [5.41, 5.74) is 0.213. The molecule has 1 aliphatic rings.